The van der Waals surface area contributed by atoms with E-state index >= 15 is 0 Å². The number of carbonyl (C=O) groups is 3. The normalized spacial score (nSPS) is 13.2. The number of halogens is 1. The molecule has 0 aliphatic rings. The highest BCUT2D eigenvalue weighted by Gasteiger charge is 2.29. The molecule has 0 fully saturated rings. The predicted molar refractivity (Wildman–Crippen MR) is 113 cm³/mol. The topological polar surface area (TPSA) is 125 Å². The van der Waals surface area contributed by atoms with Crippen molar-refractivity contribution in [2.45, 2.75) is 72.3 Å². The first-order valence-electron chi connectivity index (χ1n) is 10.1. The first-order valence-corrected chi connectivity index (χ1v) is 10.6. The molecule has 7 nitrogen and oxygen atoms in total. The maximum absolute atomic E-state index is 12.7. The van der Waals surface area contributed by atoms with E-state index in [-0.39, 0.29) is 47.6 Å². The van der Waals surface area contributed by atoms with E-state index in [1.54, 1.807) is 0 Å². The number of Topliss-reactive ketones (excluding diaryl/α,β-unsaturated/α-hetero) is 1. The van der Waals surface area contributed by atoms with Gasteiger partial charge in [-0.25, -0.2) is 0 Å². The lowest BCUT2D eigenvalue weighted by atomic mass is 9.87. The van der Waals surface area contributed by atoms with Gasteiger partial charge in [-0.15, -0.1) is 11.6 Å². The summed E-state index contributed by atoms with van der Waals surface area (Å²) in [5, 5.41) is 12.8. The van der Waals surface area contributed by atoms with Gasteiger partial charge < -0.3 is 16.4 Å². The molecule has 0 aromatic rings. The third-order valence-electron chi connectivity index (χ3n) is 4.45. The Morgan fingerprint density at radius 1 is 1.07 bits per heavy atom. The Morgan fingerprint density at radius 3 is 2.21 bits per heavy atom. The van der Waals surface area contributed by atoms with Crippen LogP contribution in [-0.4, -0.2) is 41.9 Å². The van der Waals surface area contributed by atoms with Crippen LogP contribution in [0.3, 0.4) is 0 Å². The fraction of sp³-hybridized carbons (Fsp3) is 0.800. The summed E-state index contributed by atoms with van der Waals surface area (Å²) in [6.45, 7) is 8.28. The molecule has 0 heterocycles. The number of amides is 2. The van der Waals surface area contributed by atoms with Crippen molar-refractivity contribution in [3.05, 3.63) is 0 Å². The van der Waals surface area contributed by atoms with Crippen molar-refractivity contribution < 1.29 is 14.4 Å². The maximum Gasteiger partial charge on any atom is 0.235 e. The lowest BCUT2D eigenvalue weighted by Crippen LogP contribution is -2.46. The summed E-state index contributed by atoms with van der Waals surface area (Å²) in [4.78, 5) is 36.9. The number of hydrogen-bond donors (Lipinski definition) is 4. The van der Waals surface area contributed by atoms with E-state index in [1.165, 1.54) is 0 Å². The van der Waals surface area contributed by atoms with E-state index in [1.807, 2.05) is 27.7 Å². The van der Waals surface area contributed by atoms with Crippen molar-refractivity contribution >= 4 is 35.0 Å². The van der Waals surface area contributed by atoms with Crippen LogP contribution in [0.4, 0.5) is 0 Å². The van der Waals surface area contributed by atoms with Crippen LogP contribution >= 0.6 is 11.6 Å². The summed E-state index contributed by atoms with van der Waals surface area (Å²) in [6.07, 6.45) is 3.80. The van der Waals surface area contributed by atoms with E-state index in [4.69, 9.17) is 22.7 Å². The number of alkyl halides is 1. The molecule has 28 heavy (non-hydrogen) atoms. The lowest BCUT2D eigenvalue weighted by Gasteiger charge is -2.24. The number of unbranched alkanes of at least 4 members (excludes halogenated alkanes) is 2. The van der Waals surface area contributed by atoms with Gasteiger partial charge in [-0.05, 0) is 31.1 Å². The second-order valence-electron chi connectivity index (χ2n) is 8.05. The van der Waals surface area contributed by atoms with E-state index in [2.05, 4.69) is 10.6 Å². The molecular weight excluding hydrogens is 380 g/mol. The number of hydrogen-bond acceptors (Lipinski definition) is 4. The highest BCUT2D eigenvalue weighted by Crippen LogP contribution is 2.19. The van der Waals surface area contributed by atoms with Crippen LogP contribution in [0.15, 0.2) is 0 Å². The molecule has 0 aromatic carbocycles. The molecule has 0 radical (unpaired) electrons. The van der Waals surface area contributed by atoms with Crippen molar-refractivity contribution in [1.29, 1.82) is 5.41 Å². The minimum atomic E-state index is -0.639. The number of carbonyl (C=O) groups excluding carboxylic acids is 3. The second kappa shape index (κ2) is 14.4. The van der Waals surface area contributed by atoms with Gasteiger partial charge in [-0.3, -0.25) is 19.8 Å². The molecule has 2 amide bonds. The molecule has 0 saturated carbocycles. The molecule has 2 atom stereocenters. The van der Waals surface area contributed by atoms with Gasteiger partial charge >= 0.3 is 0 Å². The fourth-order valence-corrected chi connectivity index (χ4v) is 3.10. The minimum Gasteiger partial charge on any atom is -0.388 e. The summed E-state index contributed by atoms with van der Waals surface area (Å²) in [7, 11) is 0. The third-order valence-corrected chi connectivity index (χ3v) is 4.69. The van der Waals surface area contributed by atoms with Gasteiger partial charge in [0.15, 0.2) is 5.78 Å². The van der Waals surface area contributed by atoms with Gasteiger partial charge in [-0.1, -0.05) is 34.1 Å². The summed E-state index contributed by atoms with van der Waals surface area (Å²) < 4.78 is 0. The van der Waals surface area contributed by atoms with Crippen molar-refractivity contribution in [1.82, 2.24) is 10.6 Å². The predicted octanol–water partition coefficient (Wildman–Crippen LogP) is 2.60. The molecule has 0 saturated heterocycles. The fourth-order valence-electron chi connectivity index (χ4n) is 3.03. The van der Waals surface area contributed by atoms with Crippen LogP contribution in [0.5, 0.6) is 0 Å². The monoisotopic (exact) mass is 416 g/mol. The van der Waals surface area contributed by atoms with Gasteiger partial charge in [0.25, 0.3) is 0 Å². The summed E-state index contributed by atoms with van der Waals surface area (Å²) in [6, 6.07) is -0.639. The maximum atomic E-state index is 12.7. The zero-order valence-electron chi connectivity index (χ0n) is 17.6. The SMILES string of the molecule is CC(C)CC(CC(=O)C(NC(=O)CCl)C(C)C)C(=O)NCCCCCC(=N)N. The van der Waals surface area contributed by atoms with E-state index in [9.17, 15) is 14.4 Å². The molecule has 0 bridgehead atoms. The Balaban J connectivity index is 4.73. The molecule has 0 rings (SSSR count). The Labute approximate surface area is 174 Å². The van der Waals surface area contributed by atoms with Crippen molar-refractivity contribution in [3.63, 3.8) is 0 Å². The first-order chi connectivity index (χ1) is 13.1. The molecule has 0 spiro atoms. The van der Waals surface area contributed by atoms with Crippen LogP contribution in [0, 0.1) is 23.2 Å². The first kappa shape index (κ1) is 26.4. The van der Waals surface area contributed by atoms with E-state index in [0.29, 0.717) is 19.4 Å². The highest BCUT2D eigenvalue weighted by molar-refractivity contribution is 6.27. The van der Waals surface area contributed by atoms with Gasteiger partial charge in [0.05, 0.1) is 11.9 Å². The molecule has 0 aliphatic carbocycles. The van der Waals surface area contributed by atoms with E-state index < -0.39 is 12.0 Å². The van der Waals surface area contributed by atoms with Gasteiger partial charge in [0, 0.05) is 25.3 Å². The molecular formula is C20H37ClN4O3. The number of nitrogens with one attached hydrogen (secondary N) is 3. The molecule has 0 aromatic heterocycles. The van der Waals surface area contributed by atoms with Crippen LogP contribution in [0.25, 0.3) is 0 Å². The van der Waals surface area contributed by atoms with Crippen LogP contribution in [0.1, 0.15) is 66.2 Å². The largest absolute Gasteiger partial charge is 0.388 e. The zero-order chi connectivity index (χ0) is 21.7. The standard InChI is InChI=1S/C20H37ClN4O3/c1-13(2)10-15(20(28)24-9-7-5-6-8-17(22)23)11-16(26)19(14(3)4)25-18(27)12-21/h13-15,19H,5-12H2,1-4H3,(H3,22,23)(H,24,28)(H,25,27). The third kappa shape index (κ3) is 12.0. The van der Waals surface area contributed by atoms with Crippen LogP contribution in [-0.2, 0) is 14.4 Å². The molecule has 162 valence electrons. The summed E-state index contributed by atoms with van der Waals surface area (Å²) in [5.74, 6) is -0.896. The summed E-state index contributed by atoms with van der Waals surface area (Å²) >= 11 is 5.53. The Bertz CT molecular complexity index is 524. The van der Waals surface area contributed by atoms with Gasteiger partial charge in [-0.2, -0.15) is 0 Å². The van der Waals surface area contributed by atoms with Crippen molar-refractivity contribution in [2.24, 2.45) is 23.5 Å². The van der Waals surface area contributed by atoms with Crippen LogP contribution in [0.2, 0.25) is 0 Å². The molecule has 2 unspecified atom stereocenters. The Hall–Kier alpha value is -1.63. The van der Waals surface area contributed by atoms with Gasteiger partial charge in [0.2, 0.25) is 11.8 Å². The molecule has 8 heteroatoms. The summed E-state index contributed by atoms with van der Waals surface area (Å²) in [5.41, 5.74) is 5.32. The molecule has 5 N–H and O–H groups in total. The number of amidine groups is 1. The van der Waals surface area contributed by atoms with Gasteiger partial charge in [0.1, 0.15) is 5.88 Å². The molecule has 0 aliphatic heterocycles. The number of ketones is 1. The highest BCUT2D eigenvalue weighted by atomic mass is 35.5. The lowest BCUT2D eigenvalue weighted by molar-refractivity contribution is -0.132. The Kier molecular flexibility index (Phi) is 13.5. The smallest absolute Gasteiger partial charge is 0.235 e. The van der Waals surface area contributed by atoms with Crippen molar-refractivity contribution in [2.75, 3.05) is 12.4 Å². The average Bonchev–Trinajstić information content (AvgIpc) is 2.60. The zero-order valence-corrected chi connectivity index (χ0v) is 18.4. The Morgan fingerprint density at radius 2 is 1.71 bits per heavy atom. The minimum absolute atomic E-state index is 0.0799. The second-order valence-corrected chi connectivity index (χ2v) is 8.31. The number of rotatable bonds is 15. The van der Waals surface area contributed by atoms with Crippen molar-refractivity contribution in [3.8, 4) is 0 Å². The average molecular weight is 417 g/mol. The van der Waals surface area contributed by atoms with Crippen LogP contribution < -0.4 is 16.4 Å². The quantitative estimate of drug-likeness (QED) is 0.142. The number of nitrogens with two attached hydrogens (primary N) is 1. The van der Waals surface area contributed by atoms with E-state index in [0.717, 1.165) is 19.3 Å².